The number of benzene rings is 1. The van der Waals surface area contributed by atoms with Gasteiger partial charge in [-0.2, -0.15) is 0 Å². The summed E-state index contributed by atoms with van der Waals surface area (Å²) in [5.41, 5.74) is 2.46. The van der Waals surface area contributed by atoms with Crippen LogP contribution in [0.5, 0.6) is 5.88 Å². The molecule has 2 aromatic rings. The van der Waals surface area contributed by atoms with Crippen molar-refractivity contribution in [2.24, 2.45) is 5.41 Å². The Balaban J connectivity index is 1.82. The summed E-state index contributed by atoms with van der Waals surface area (Å²) in [4.78, 5) is 10.7. The predicted octanol–water partition coefficient (Wildman–Crippen LogP) is 2.62. The first kappa shape index (κ1) is 16.7. The molecule has 128 valence electrons. The summed E-state index contributed by atoms with van der Waals surface area (Å²) in [7, 11) is 1.61. The number of hydrogen-bond acceptors (Lipinski definition) is 5. The molecule has 2 heterocycles. The van der Waals surface area contributed by atoms with Gasteiger partial charge in [-0.1, -0.05) is 24.3 Å². The van der Waals surface area contributed by atoms with Gasteiger partial charge in [-0.15, -0.1) is 0 Å². The second kappa shape index (κ2) is 7.18. The number of piperidine rings is 1. The number of aliphatic hydroxyl groups is 1. The van der Waals surface area contributed by atoms with Crippen molar-refractivity contribution < 1.29 is 9.84 Å². The highest BCUT2D eigenvalue weighted by Crippen LogP contribution is 2.36. The van der Waals surface area contributed by atoms with Gasteiger partial charge in [0, 0.05) is 24.6 Å². The van der Waals surface area contributed by atoms with Crippen LogP contribution in [0.2, 0.25) is 0 Å². The Kier molecular flexibility index (Phi) is 5.00. The third kappa shape index (κ3) is 3.51. The van der Waals surface area contributed by atoms with Crippen molar-refractivity contribution in [2.45, 2.75) is 26.2 Å². The van der Waals surface area contributed by atoms with E-state index in [0.717, 1.165) is 38.2 Å². The normalized spacial score (nSPS) is 20.9. The smallest absolute Gasteiger partial charge is 0.218 e. The fraction of sp³-hybridized carbons (Fsp3) is 0.474. The molecule has 5 nitrogen and oxygen atoms in total. The number of nitrogens with zero attached hydrogens (tertiary/aromatic N) is 3. The SMILES string of the molecule is COc1cc(N2CCC[C@](CO)(Cc3ccccc3C)C2)ncn1. The van der Waals surface area contributed by atoms with Crippen molar-refractivity contribution in [1.82, 2.24) is 9.97 Å². The zero-order valence-electron chi connectivity index (χ0n) is 14.4. The van der Waals surface area contributed by atoms with E-state index < -0.39 is 0 Å². The maximum atomic E-state index is 10.2. The van der Waals surface area contributed by atoms with Gasteiger partial charge in [-0.25, -0.2) is 9.97 Å². The van der Waals surface area contributed by atoms with Crippen LogP contribution >= 0.6 is 0 Å². The lowest BCUT2D eigenvalue weighted by molar-refractivity contribution is 0.105. The van der Waals surface area contributed by atoms with Crippen LogP contribution < -0.4 is 9.64 Å². The highest BCUT2D eigenvalue weighted by atomic mass is 16.5. The summed E-state index contributed by atoms with van der Waals surface area (Å²) in [5.74, 6) is 1.43. The van der Waals surface area contributed by atoms with E-state index in [-0.39, 0.29) is 12.0 Å². The van der Waals surface area contributed by atoms with Crippen molar-refractivity contribution in [3.8, 4) is 5.88 Å². The van der Waals surface area contributed by atoms with Crippen LogP contribution in [0, 0.1) is 12.3 Å². The summed E-state index contributed by atoms with van der Waals surface area (Å²) in [6.07, 6.45) is 4.48. The highest BCUT2D eigenvalue weighted by molar-refractivity contribution is 5.42. The minimum Gasteiger partial charge on any atom is -0.481 e. The standard InChI is InChI=1S/C19H25N3O2/c1-15-6-3-4-7-16(15)11-19(13-23)8-5-9-22(12-19)17-10-18(24-2)21-14-20-17/h3-4,6-7,10,14,23H,5,8-9,11-13H2,1-2H3/t19-/m0/s1. The fourth-order valence-corrected chi connectivity index (χ4v) is 3.56. The lowest BCUT2D eigenvalue weighted by Gasteiger charge is -2.42. The van der Waals surface area contributed by atoms with E-state index in [9.17, 15) is 5.11 Å². The van der Waals surface area contributed by atoms with Gasteiger partial charge in [0.25, 0.3) is 0 Å². The molecule has 1 atom stereocenters. The van der Waals surface area contributed by atoms with E-state index in [1.54, 1.807) is 7.11 Å². The van der Waals surface area contributed by atoms with Crippen LogP contribution in [0.3, 0.4) is 0 Å². The molecule has 1 aromatic heterocycles. The molecular weight excluding hydrogens is 302 g/mol. The molecule has 0 unspecified atom stereocenters. The maximum Gasteiger partial charge on any atom is 0.218 e. The number of rotatable bonds is 5. The topological polar surface area (TPSA) is 58.5 Å². The minimum atomic E-state index is -0.136. The average molecular weight is 327 g/mol. The molecule has 3 rings (SSSR count). The van der Waals surface area contributed by atoms with Crippen molar-refractivity contribution in [3.63, 3.8) is 0 Å². The number of hydrogen-bond donors (Lipinski definition) is 1. The van der Waals surface area contributed by atoms with Gasteiger partial charge in [0.1, 0.15) is 12.1 Å². The minimum absolute atomic E-state index is 0.136. The Morgan fingerprint density at radius 2 is 2.12 bits per heavy atom. The maximum absolute atomic E-state index is 10.2. The van der Waals surface area contributed by atoms with Crippen molar-refractivity contribution in [1.29, 1.82) is 0 Å². The number of anilines is 1. The summed E-state index contributed by atoms with van der Waals surface area (Å²) < 4.78 is 5.21. The molecule has 1 N–H and O–H groups in total. The van der Waals surface area contributed by atoms with Gasteiger partial charge in [0.15, 0.2) is 0 Å². The summed E-state index contributed by atoms with van der Waals surface area (Å²) in [5, 5.41) is 10.2. The third-order valence-electron chi connectivity index (χ3n) is 4.98. The van der Waals surface area contributed by atoms with Gasteiger partial charge in [0.2, 0.25) is 5.88 Å². The molecule has 1 aromatic carbocycles. The van der Waals surface area contributed by atoms with E-state index in [0.29, 0.717) is 5.88 Å². The Morgan fingerprint density at radius 3 is 2.88 bits per heavy atom. The molecule has 0 spiro atoms. The van der Waals surface area contributed by atoms with Crippen molar-refractivity contribution >= 4 is 5.82 Å². The molecular formula is C19H25N3O2. The molecule has 0 bridgehead atoms. The van der Waals surface area contributed by atoms with Gasteiger partial charge >= 0.3 is 0 Å². The van der Waals surface area contributed by atoms with E-state index in [1.807, 2.05) is 6.07 Å². The summed E-state index contributed by atoms with van der Waals surface area (Å²) in [6.45, 7) is 4.05. The zero-order chi connectivity index (χ0) is 17.0. The molecule has 0 saturated carbocycles. The molecule has 1 aliphatic heterocycles. The van der Waals surface area contributed by atoms with Crippen LogP contribution in [0.1, 0.15) is 24.0 Å². The van der Waals surface area contributed by atoms with Crippen LogP contribution in [-0.2, 0) is 6.42 Å². The molecule has 1 aliphatic rings. The molecule has 1 fully saturated rings. The van der Waals surface area contributed by atoms with Crippen LogP contribution in [0.25, 0.3) is 0 Å². The zero-order valence-corrected chi connectivity index (χ0v) is 14.4. The third-order valence-corrected chi connectivity index (χ3v) is 4.98. The number of methoxy groups -OCH3 is 1. The second-order valence-corrected chi connectivity index (χ2v) is 6.71. The number of ether oxygens (including phenoxy) is 1. The Labute approximate surface area is 143 Å². The van der Waals surface area contributed by atoms with Gasteiger partial charge in [-0.05, 0) is 37.3 Å². The molecule has 0 aliphatic carbocycles. The first-order chi connectivity index (χ1) is 11.7. The van der Waals surface area contributed by atoms with E-state index in [4.69, 9.17) is 4.74 Å². The first-order valence-electron chi connectivity index (χ1n) is 8.42. The fourth-order valence-electron chi connectivity index (χ4n) is 3.56. The largest absolute Gasteiger partial charge is 0.481 e. The average Bonchev–Trinajstić information content (AvgIpc) is 2.64. The quantitative estimate of drug-likeness (QED) is 0.915. The lowest BCUT2D eigenvalue weighted by atomic mass is 9.75. The Bertz CT molecular complexity index is 692. The molecule has 0 radical (unpaired) electrons. The number of aliphatic hydroxyl groups excluding tert-OH is 1. The summed E-state index contributed by atoms with van der Waals surface area (Å²) >= 11 is 0. The monoisotopic (exact) mass is 327 g/mol. The summed E-state index contributed by atoms with van der Waals surface area (Å²) in [6, 6.07) is 10.3. The Morgan fingerprint density at radius 1 is 1.29 bits per heavy atom. The van der Waals surface area contributed by atoms with Crippen molar-refractivity contribution in [3.05, 3.63) is 47.8 Å². The van der Waals surface area contributed by atoms with E-state index in [2.05, 4.69) is 46.1 Å². The van der Waals surface area contributed by atoms with E-state index >= 15 is 0 Å². The molecule has 0 amide bonds. The molecule has 1 saturated heterocycles. The molecule has 24 heavy (non-hydrogen) atoms. The van der Waals surface area contributed by atoms with Crippen LogP contribution in [0.4, 0.5) is 5.82 Å². The lowest BCUT2D eigenvalue weighted by Crippen LogP contribution is -2.47. The first-order valence-corrected chi connectivity index (χ1v) is 8.42. The predicted molar refractivity (Wildman–Crippen MR) is 94.4 cm³/mol. The van der Waals surface area contributed by atoms with E-state index in [1.165, 1.54) is 17.5 Å². The number of aromatic nitrogens is 2. The van der Waals surface area contributed by atoms with Gasteiger partial charge in [-0.3, -0.25) is 0 Å². The van der Waals surface area contributed by atoms with Crippen molar-refractivity contribution in [2.75, 3.05) is 31.7 Å². The van der Waals surface area contributed by atoms with Gasteiger partial charge < -0.3 is 14.7 Å². The highest BCUT2D eigenvalue weighted by Gasteiger charge is 2.36. The van der Waals surface area contributed by atoms with Gasteiger partial charge in [0.05, 0.1) is 13.7 Å². The Hall–Kier alpha value is -2.14. The van der Waals surface area contributed by atoms with Crippen LogP contribution in [-0.4, -0.2) is 41.9 Å². The second-order valence-electron chi connectivity index (χ2n) is 6.71. The number of aryl methyl sites for hydroxylation is 1. The molecule has 5 heteroatoms. The van der Waals surface area contributed by atoms with Crippen LogP contribution in [0.15, 0.2) is 36.7 Å².